The summed E-state index contributed by atoms with van der Waals surface area (Å²) in [4.78, 5) is 71.9. The van der Waals surface area contributed by atoms with Crippen molar-refractivity contribution in [3.63, 3.8) is 0 Å². The molecule has 0 radical (unpaired) electrons. The summed E-state index contributed by atoms with van der Waals surface area (Å²) in [7, 11) is 0. The van der Waals surface area contributed by atoms with E-state index in [-0.39, 0.29) is 0 Å². The number of aliphatic hydroxyl groups is 12. The normalized spacial score (nSPS) is 33.2. The Kier molecular flexibility index (Phi) is 13.3. The van der Waals surface area contributed by atoms with Crippen molar-refractivity contribution in [3.8, 4) is 0 Å². The number of carbonyl (C=O) groups is 6. The van der Waals surface area contributed by atoms with E-state index in [1.54, 1.807) is 0 Å². The van der Waals surface area contributed by atoms with Gasteiger partial charge in [-0.15, -0.1) is 0 Å². The molecule has 246 valence electrons. The van der Waals surface area contributed by atoms with Crippen molar-refractivity contribution in [1.29, 1.82) is 0 Å². The summed E-state index contributed by atoms with van der Waals surface area (Å²) in [5.41, 5.74) is 0. The average Bonchev–Trinajstić information content (AvgIpc) is 3.02. The van der Waals surface area contributed by atoms with E-state index < -0.39 is 139 Å². The summed E-state index contributed by atoms with van der Waals surface area (Å²) in [6.45, 7) is 0. The number of hydrogen-bond donors (Lipinski definition) is 12. The first-order valence-electron chi connectivity index (χ1n) is 11.7. The second-order valence-electron chi connectivity index (χ2n) is 8.81. The van der Waals surface area contributed by atoms with Gasteiger partial charge in [-0.1, -0.05) is 0 Å². The zero-order chi connectivity index (χ0) is 33.8. The minimum Gasteiger partial charge on any atom is -0.549 e. The van der Waals surface area contributed by atoms with Gasteiger partial charge in [-0.25, -0.2) is 0 Å². The highest BCUT2D eigenvalue weighted by Gasteiger charge is 2.57. The van der Waals surface area contributed by atoms with Crippen LogP contribution in [-0.2, 0) is 51.5 Å². The summed E-state index contributed by atoms with van der Waals surface area (Å²) in [6, 6.07) is 0. The fourth-order valence-corrected chi connectivity index (χ4v) is 5.35. The van der Waals surface area contributed by atoms with Crippen LogP contribution in [-0.4, -0.2) is 201 Å². The molecular formula is C18H24Al2O24. The molecular weight excluding hydrogens is 654 g/mol. The Hall–Kier alpha value is -2.60. The summed E-state index contributed by atoms with van der Waals surface area (Å²) in [5.74, 6) is -11.6. The third-order valence-electron chi connectivity index (χ3n) is 5.71. The minimum atomic E-state index is -4.54. The highest BCUT2D eigenvalue weighted by atomic mass is 27.3. The Labute approximate surface area is 252 Å². The molecule has 44 heavy (non-hydrogen) atoms. The van der Waals surface area contributed by atoms with Crippen LogP contribution in [0.15, 0.2) is 0 Å². The van der Waals surface area contributed by atoms with Crippen LogP contribution < -0.4 is 0 Å². The van der Waals surface area contributed by atoms with E-state index in [9.17, 15) is 90.0 Å². The lowest BCUT2D eigenvalue weighted by Gasteiger charge is -2.26. The van der Waals surface area contributed by atoms with E-state index >= 15 is 0 Å². The standard InChI is InChI=1S/3C6H10O8.2Al/c3*7-1(3(9)5(11)12)2(8)4(10)6(13)14;;/h3*1-4,7-10H,(H,11,12)(H,13,14);;/q;;;2*+3/p-6/t1-,2+,3+,4-;2*1-,2-,3-,4+;;/m.11../s1. The van der Waals surface area contributed by atoms with Crippen LogP contribution in [0.2, 0.25) is 0 Å². The second-order valence-corrected chi connectivity index (χ2v) is 11.4. The summed E-state index contributed by atoms with van der Waals surface area (Å²) >= 11 is -9.08. The lowest BCUT2D eigenvalue weighted by molar-refractivity contribution is -0.176. The molecule has 12 N–H and O–H groups in total. The highest BCUT2D eigenvalue weighted by Crippen LogP contribution is 2.16. The molecule has 12 atom stereocenters. The zero-order valence-electron chi connectivity index (χ0n) is 21.3. The number of rotatable bonds is 7. The second kappa shape index (κ2) is 15.6. The van der Waals surface area contributed by atoms with E-state index in [2.05, 4.69) is 22.7 Å². The molecule has 0 aromatic rings. The molecule has 0 bridgehead atoms. The molecule has 2 heterocycles. The Balaban J connectivity index is 2.09. The van der Waals surface area contributed by atoms with Crippen molar-refractivity contribution in [2.45, 2.75) is 73.2 Å². The Morgan fingerprint density at radius 2 is 0.705 bits per heavy atom. The molecule has 2 aliphatic rings. The summed E-state index contributed by atoms with van der Waals surface area (Å²) in [6.07, 6.45) is -32.2. The predicted molar refractivity (Wildman–Crippen MR) is 120 cm³/mol. The maximum absolute atomic E-state index is 12.2. The first-order valence-corrected chi connectivity index (χ1v) is 14.5. The number of aliphatic hydroxyl groups excluding tert-OH is 12. The lowest BCUT2D eigenvalue weighted by Crippen LogP contribution is -2.53. The molecule has 0 spiro atoms. The Morgan fingerprint density at radius 1 is 0.500 bits per heavy atom. The monoisotopic (exact) mass is 678 g/mol. The largest absolute Gasteiger partial charge is 1.20 e. The molecule has 0 saturated carbocycles. The molecule has 2 rings (SSSR count). The molecule has 2 aliphatic heterocycles. The van der Waals surface area contributed by atoms with E-state index in [0.29, 0.717) is 0 Å². The lowest BCUT2D eigenvalue weighted by atomic mass is 10.0. The van der Waals surface area contributed by atoms with Gasteiger partial charge in [0.25, 0.3) is 0 Å². The zero-order valence-corrected chi connectivity index (χ0v) is 23.7. The van der Waals surface area contributed by atoms with Crippen molar-refractivity contribution in [2.24, 2.45) is 0 Å². The molecule has 0 unspecified atom stereocenters. The Morgan fingerprint density at radius 3 is 0.909 bits per heavy atom. The molecule has 2 saturated heterocycles. The first-order chi connectivity index (χ1) is 20.3. The minimum absolute atomic E-state index is 1.85. The van der Waals surface area contributed by atoms with Crippen molar-refractivity contribution < 1.29 is 113 Å². The molecule has 2 fully saturated rings. The van der Waals surface area contributed by atoms with Gasteiger partial charge >= 0.3 is 66.1 Å². The highest BCUT2D eigenvalue weighted by molar-refractivity contribution is 6.45. The van der Waals surface area contributed by atoms with Gasteiger partial charge in [-0.3, -0.25) is 28.8 Å². The molecule has 24 nitrogen and oxygen atoms in total. The fourth-order valence-electron chi connectivity index (χ4n) is 3.09. The van der Waals surface area contributed by atoms with Crippen LogP contribution in [0.4, 0.5) is 0 Å². The SMILES string of the molecule is O=C1[O][Al]([O]C(=O)[C@@H](O)[C@H](O)[C@H](O)[C@@H](O)C(=O)[O][Al]2[O]C(=O)[C@@H](O)[C@H](O)[C@@H](O)[C@@H](O)C(=O)[O]2)[O]C(=O)[C@H](O)[C@H](O)[C@@H](O)[C@@H]1O. The number of carbonyl (C=O) groups excluding carboxylic acids is 6. The van der Waals surface area contributed by atoms with Crippen LogP contribution in [0.3, 0.4) is 0 Å². The van der Waals surface area contributed by atoms with Crippen LogP contribution in [0.1, 0.15) is 0 Å². The molecule has 0 aliphatic carbocycles. The van der Waals surface area contributed by atoms with Gasteiger partial charge in [0.15, 0.2) is 36.6 Å². The molecule has 0 aromatic heterocycles. The van der Waals surface area contributed by atoms with E-state index in [1.165, 1.54) is 0 Å². The van der Waals surface area contributed by atoms with Crippen molar-refractivity contribution in [1.82, 2.24) is 0 Å². The number of hydrogen-bond acceptors (Lipinski definition) is 24. The van der Waals surface area contributed by atoms with Crippen LogP contribution in [0.5, 0.6) is 0 Å². The first kappa shape index (κ1) is 37.6. The third kappa shape index (κ3) is 8.77. The fraction of sp³-hybridized carbons (Fsp3) is 0.667. The molecule has 0 amide bonds. The third-order valence-corrected chi connectivity index (χ3v) is 8.26. The van der Waals surface area contributed by atoms with Crippen LogP contribution in [0.25, 0.3) is 0 Å². The predicted octanol–water partition coefficient (Wildman–Crippen LogP) is -11.4. The average molecular weight is 678 g/mol. The van der Waals surface area contributed by atoms with Gasteiger partial charge in [0.2, 0.25) is 0 Å². The molecule has 0 aromatic carbocycles. The molecule has 26 heteroatoms. The van der Waals surface area contributed by atoms with Crippen molar-refractivity contribution >= 4 is 66.1 Å². The Bertz CT molecular complexity index is 963. The van der Waals surface area contributed by atoms with Gasteiger partial charge in [0.1, 0.15) is 36.6 Å². The van der Waals surface area contributed by atoms with E-state index in [1.807, 2.05) is 0 Å². The van der Waals surface area contributed by atoms with Crippen molar-refractivity contribution in [2.75, 3.05) is 0 Å². The van der Waals surface area contributed by atoms with E-state index in [4.69, 9.17) is 0 Å². The van der Waals surface area contributed by atoms with Crippen LogP contribution >= 0.6 is 0 Å². The maximum atomic E-state index is 12.2. The maximum Gasteiger partial charge on any atom is 1.20 e. The van der Waals surface area contributed by atoms with Gasteiger partial charge in [0.05, 0.1) is 0 Å². The van der Waals surface area contributed by atoms with Gasteiger partial charge in [-0.05, 0) is 0 Å². The van der Waals surface area contributed by atoms with Gasteiger partial charge in [-0.2, -0.15) is 0 Å². The smallest absolute Gasteiger partial charge is 0.549 e. The summed E-state index contributed by atoms with van der Waals surface area (Å²) in [5, 5.41) is 117. The van der Waals surface area contributed by atoms with Gasteiger partial charge in [0, 0.05) is 0 Å². The topological polar surface area (TPSA) is 401 Å². The van der Waals surface area contributed by atoms with Crippen molar-refractivity contribution in [3.05, 3.63) is 0 Å². The van der Waals surface area contributed by atoms with Gasteiger partial charge < -0.3 is 84.0 Å². The van der Waals surface area contributed by atoms with E-state index in [0.717, 1.165) is 0 Å². The van der Waals surface area contributed by atoms with Crippen LogP contribution in [0, 0.1) is 0 Å². The summed E-state index contributed by atoms with van der Waals surface area (Å²) < 4.78 is 26.3. The quantitative estimate of drug-likeness (QED) is 0.111.